The Morgan fingerprint density at radius 3 is 2.60 bits per heavy atom. The molecule has 0 radical (unpaired) electrons. The average Bonchev–Trinajstić information content (AvgIpc) is 3.21. The predicted molar refractivity (Wildman–Crippen MR) is 97.3 cm³/mol. The molecule has 1 aliphatic carbocycles. The summed E-state index contributed by atoms with van der Waals surface area (Å²) in [5.74, 6) is 2.33. The Morgan fingerprint density at radius 1 is 1.32 bits per heavy atom. The Bertz CT molecular complexity index is 741. The van der Waals surface area contributed by atoms with Gasteiger partial charge in [-0.2, -0.15) is 0 Å². The molecular weight excluding hydrogens is 360 g/mol. The minimum atomic E-state index is -3.01. The van der Waals surface area contributed by atoms with Crippen LogP contribution in [0.25, 0.3) is 0 Å². The highest BCUT2D eigenvalue weighted by atomic mass is 32.2. The summed E-state index contributed by atoms with van der Waals surface area (Å²) in [5, 5.41) is 9.18. The van der Waals surface area contributed by atoms with Gasteiger partial charge in [0, 0.05) is 25.6 Å². The molecule has 0 bridgehead atoms. The van der Waals surface area contributed by atoms with Crippen LogP contribution in [0.5, 0.6) is 0 Å². The van der Waals surface area contributed by atoms with Gasteiger partial charge in [-0.1, -0.05) is 25.6 Å². The fourth-order valence-electron chi connectivity index (χ4n) is 3.23. The van der Waals surface area contributed by atoms with Gasteiger partial charge in [0.25, 0.3) is 0 Å². The van der Waals surface area contributed by atoms with Crippen molar-refractivity contribution in [2.24, 2.45) is 13.0 Å². The van der Waals surface area contributed by atoms with Gasteiger partial charge >= 0.3 is 0 Å². The third-order valence-corrected chi connectivity index (χ3v) is 7.42. The van der Waals surface area contributed by atoms with Crippen LogP contribution in [-0.2, 0) is 21.7 Å². The SMILES string of the molecule is CC(C)CN(C(=O)CSc1nnc(C2CC2)n1C)[C@@H]1CCS(=O)(=O)C1. The van der Waals surface area contributed by atoms with E-state index in [1.54, 1.807) is 4.90 Å². The molecule has 0 unspecified atom stereocenters. The van der Waals surface area contributed by atoms with Crippen LogP contribution < -0.4 is 0 Å². The maximum atomic E-state index is 12.8. The van der Waals surface area contributed by atoms with Gasteiger partial charge in [-0.25, -0.2) is 8.42 Å². The molecule has 140 valence electrons. The molecule has 0 aromatic carbocycles. The van der Waals surface area contributed by atoms with E-state index in [0.29, 0.717) is 24.8 Å². The minimum absolute atomic E-state index is 0.0169. The van der Waals surface area contributed by atoms with Crippen molar-refractivity contribution < 1.29 is 13.2 Å². The Kier molecular flexibility index (Phi) is 5.43. The zero-order valence-electron chi connectivity index (χ0n) is 15.0. The maximum Gasteiger partial charge on any atom is 0.233 e. The largest absolute Gasteiger partial charge is 0.338 e. The van der Waals surface area contributed by atoms with Gasteiger partial charge in [0.05, 0.1) is 17.3 Å². The first kappa shape index (κ1) is 18.7. The molecule has 9 heteroatoms. The fraction of sp³-hybridized carbons (Fsp3) is 0.812. The van der Waals surface area contributed by atoms with Crippen LogP contribution in [0.4, 0.5) is 0 Å². The lowest BCUT2D eigenvalue weighted by molar-refractivity contribution is -0.130. The van der Waals surface area contributed by atoms with Crippen molar-refractivity contribution in [1.29, 1.82) is 0 Å². The predicted octanol–water partition coefficient (Wildman–Crippen LogP) is 1.46. The number of thioether (sulfide) groups is 1. The summed E-state index contributed by atoms with van der Waals surface area (Å²) in [6.45, 7) is 4.68. The Labute approximate surface area is 153 Å². The summed E-state index contributed by atoms with van der Waals surface area (Å²) < 4.78 is 25.5. The summed E-state index contributed by atoms with van der Waals surface area (Å²) in [7, 11) is -1.07. The summed E-state index contributed by atoms with van der Waals surface area (Å²) >= 11 is 1.38. The van der Waals surface area contributed by atoms with Gasteiger partial charge in [-0.3, -0.25) is 4.79 Å². The smallest absolute Gasteiger partial charge is 0.233 e. The monoisotopic (exact) mass is 386 g/mol. The molecule has 1 saturated carbocycles. The first-order valence-electron chi connectivity index (χ1n) is 8.79. The second-order valence-corrected chi connectivity index (χ2v) is 10.6. The third-order valence-electron chi connectivity index (χ3n) is 4.67. The minimum Gasteiger partial charge on any atom is -0.338 e. The molecule has 1 amide bonds. The second-order valence-electron chi connectivity index (χ2n) is 7.46. The van der Waals surface area contributed by atoms with Gasteiger partial charge < -0.3 is 9.47 Å². The fourth-order valence-corrected chi connectivity index (χ4v) is 5.76. The molecule has 0 spiro atoms. The van der Waals surface area contributed by atoms with Crippen molar-refractivity contribution in [3.05, 3.63) is 5.82 Å². The molecule has 2 heterocycles. The topological polar surface area (TPSA) is 85.2 Å². The molecule has 2 aliphatic rings. The lowest BCUT2D eigenvalue weighted by Gasteiger charge is -2.29. The van der Waals surface area contributed by atoms with Crippen molar-refractivity contribution in [2.45, 2.75) is 50.2 Å². The van der Waals surface area contributed by atoms with Gasteiger partial charge in [0.1, 0.15) is 5.82 Å². The van der Waals surface area contributed by atoms with E-state index in [0.717, 1.165) is 23.8 Å². The number of hydrogen-bond acceptors (Lipinski definition) is 6. The van der Waals surface area contributed by atoms with Crippen molar-refractivity contribution >= 4 is 27.5 Å². The van der Waals surface area contributed by atoms with Crippen molar-refractivity contribution in [1.82, 2.24) is 19.7 Å². The van der Waals surface area contributed by atoms with Crippen LogP contribution in [0, 0.1) is 5.92 Å². The summed E-state index contributed by atoms with van der Waals surface area (Å²) in [6.07, 6.45) is 2.86. The third kappa shape index (κ3) is 4.55. The van der Waals surface area contributed by atoms with Crippen LogP contribution in [0.2, 0.25) is 0 Å². The van der Waals surface area contributed by atoms with Crippen LogP contribution >= 0.6 is 11.8 Å². The highest BCUT2D eigenvalue weighted by Crippen LogP contribution is 2.39. The molecule has 1 atom stereocenters. The molecule has 1 saturated heterocycles. The first-order chi connectivity index (χ1) is 11.8. The molecule has 3 rings (SSSR count). The molecule has 1 aromatic heterocycles. The number of hydrogen-bond donors (Lipinski definition) is 0. The quantitative estimate of drug-likeness (QED) is 0.660. The lowest BCUT2D eigenvalue weighted by atomic mass is 10.1. The first-order valence-corrected chi connectivity index (χ1v) is 11.6. The molecule has 1 aromatic rings. The average molecular weight is 387 g/mol. The Morgan fingerprint density at radius 2 is 2.04 bits per heavy atom. The Hall–Kier alpha value is -1.09. The van der Waals surface area contributed by atoms with Crippen LogP contribution in [0.3, 0.4) is 0 Å². The standard InChI is InChI=1S/C16H26N4O3S2/c1-11(2)8-20(13-6-7-25(22,23)10-13)14(21)9-24-16-18-17-15(19(16)3)12-4-5-12/h11-13H,4-10H2,1-3H3/t13-/m1/s1. The van der Waals surface area contributed by atoms with E-state index < -0.39 is 9.84 Å². The molecule has 25 heavy (non-hydrogen) atoms. The molecule has 0 N–H and O–H groups in total. The van der Waals surface area contributed by atoms with Crippen molar-refractivity contribution in [3.63, 3.8) is 0 Å². The molecule has 2 fully saturated rings. The number of rotatable bonds is 7. The number of aromatic nitrogens is 3. The summed E-state index contributed by atoms with van der Waals surface area (Å²) in [5.41, 5.74) is 0. The Balaban J connectivity index is 1.64. The normalized spacial score (nSPS) is 22.5. The van der Waals surface area contributed by atoms with E-state index in [2.05, 4.69) is 10.2 Å². The zero-order chi connectivity index (χ0) is 18.2. The number of carbonyl (C=O) groups excluding carboxylic acids is 1. The number of sulfone groups is 1. The lowest BCUT2D eigenvalue weighted by Crippen LogP contribution is -2.44. The van der Waals surface area contributed by atoms with E-state index in [1.807, 2.05) is 25.5 Å². The maximum absolute atomic E-state index is 12.8. The van der Waals surface area contributed by atoms with E-state index in [1.165, 1.54) is 11.8 Å². The highest BCUT2D eigenvalue weighted by Gasteiger charge is 2.35. The van der Waals surface area contributed by atoms with E-state index in [-0.39, 0.29) is 29.2 Å². The zero-order valence-corrected chi connectivity index (χ0v) is 16.6. The van der Waals surface area contributed by atoms with Crippen LogP contribution in [-0.4, -0.2) is 63.8 Å². The molecule has 7 nitrogen and oxygen atoms in total. The van der Waals surface area contributed by atoms with E-state index >= 15 is 0 Å². The van der Waals surface area contributed by atoms with Gasteiger partial charge in [0.2, 0.25) is 5.91 Å². The van der Waals surface area contributed by atoms with Crippen molar-refractivity contribution in [3.8, 4) is 0 Å². The summed E-state index contributed by atoms with van der Waals surface area (Å²) in [6, 6.07) is -0.193. The number of amides is 1. The van der Waals surface area contributed by atoms with Gasteiger partial charge in [-0.15, -0.1) is 10.2 Å². The molecular formula is C16H26N4O3S2. The number of carbonyl (C=O) groups is 1. The number of nitrogens with zero attached hydrogens (tertiary/aromatic N) is 4. The molecule has 1 aliphatic heterocycles. The van der Waals surface area contributed by atoms with Gasteiger partial charge in [0.15, 0.2) is 15.0 Å². The van der Waals surface area contributed by atoms with E-state index in [9.17, 15) is 13.2 Å². The van der Waals surface area contributed by atoms with E-state index in [4.69, 9.17) is 0 Å². The highest BCUT2D eigenvalue weighted by molar-refractivity contribution is 7.99. The second kappa shape index (κ2) is 7.26. The van der Waals surface area contributed by atoms with Crippen LogP contribution in [0.1, 0.15) is 44.9 Å². The van der Waals surface area contributed by atoms with Crippen LogP contribution in [0.15, 0.2) is 5.16 Å². The van der Waals surface area contributed by atoms with Gasteiger partial charge in [-0.05, 0) is 25.2 Å². The summed E-state index contributed by atoms with van der Waals surface area (Å²) in [4.78, 5) is 14.5. The van der Waals surface area contributed by atoms with Crippen molar-refractivity contribution in [2.75, 3.05) is 23.8 Å².